The number of rotatable bonds is 3. The van der Waals surface area contributed by atoms with E-state index in [1.807, 2.05) is 13.2 Å². The Morgan fingerprint density at radius 1 is 1.33 bits per heavy atom. The highest BCUT2D eigenvalue weighted by molar-refractivity contribution is 5.30. The van der Waals surface area contributed by atoms with Crippen LogP contribution in [0.2, 0.25) is 0 Å². The van der Waals surface area contributed by atoms with E-state index in [1.165, 1.54) is 12.1 Å². The first-order chi connectivity index (χ1) is 7.29. The van der Waals surface area contributed by atoms with Crippen molar-refractivity contribution in [3.63, 3.8) is 0 Å². The third-order valence-corrected chi connectivity index (χ3v) is 1.99. The third kappa shape index (κ3) is 2.19. The second-order valence-corrected chi connectivity index (χ2v) is 3.16. The quantitative estimate of drug-likeness (QED) is 0.818. The zero-order chi connectivity index (χ0) is 10.7. The van der Waals surface area contributed by atoms with Crippen LogP contribution in [-0.4, -0.2) is 22.0 Å². The van der Waals surface area contributed by atoms with E-state index >= 15 is 0 Å². The minimum Gasteiger partial charge on any atom is -0.314 e. The summed E-state index contributed by atoms with van der Waals surface area (Å²) < 4.78 is 14.3. The molecule has 0 bridgehead atoms. The predicted molar refractivity (Wildman–Crippen MR) is 54.1 cm³/mol. The second kappa shape index (κ2) is 4.18. The number of nitrogens with zero attached hydrogens (tertiary/aromatic N) is 3. The molecule has 2 aromatic rings. The molecule has 15 heavy (non-hydrogen) atoms. The summed E-state index contributed by atoms with van der Waals surface area (Å²) in [5.74, 6) is -0.255. The summed E-state index contributed by atoms with van der Waals surface area (Å²) in [4.78, 5) is 0. The Hall–Kier alpha value is -1.75. The van der Waals surface area contributed by atoms with Gasteiger partial charge in [-0.05, 0) is 31.3 Å². The molecule has 0 aliphatic carbocycles. The molecular weight excluding hydrogens is 195 g/mol. The first-order valence-electron chi connectivity index (χ1n) is 4.61. The lowest BCUT2D eigenvalue weighted by molar-refractivity contribution is 0.626. The first kappa shape index (κ1) is 9.79. The molecule has 1 heterocycles. The first-order valence-corrected chi connectivity index (χ1v) is 4.61. The zero-order valence-electron chi connectivity index (χ0n) is 8.31. The molecule has 0 spiro atoms. The molecule has 0 saturated heterocycles. The lowest BCUT2D eigenvalue weighted by atomic mass is 10.3. The number of hydrogen-bond acceptors (Lipinski definition) is 3. The summed E-state index contributed by atoms with van der Waals surface area (Å²) in [6, 6.07) is 6.11. The normalized spacial score (nSPS) is 10.5. The van der Waals surface area contributed by atoms with Crippen LogP contribution >= 0.6 is 0 Å². The van der Waals surface area contributed by atoms with Gasteiger partial charge in [0.05, 0.1) is 17.6 Å². The Bertz CT molecular complexity index is 435. The third-order valence-electron chi connectivity index (χ3n) is 1.99. The molecule has 1 aromatic heterocycles. The molecule has 1 N–H and O–H groups in total. The second-order valence-electron chi connectivity index (χ2n) is 3.16. The number of nitrogens with one attached hydrogen (secondary N) is 1. The highest BCUT2D eigenvalue weighted by atomic mass is 19.1. The maximum absolute atomic E-state index is 12.7. The summed E-state index contributed by atoms with van der Waals surface area (Å²) in [6.45, 7) is 0.668. The smallest absolute Gasteiger partial charge is 0.123 e. The lowest BCUT2D eigenvalue weighted by Crippen LogP contribution is -2.04. The van der Waals surface area contributed by atoms with Crippen LogP contribution in [0.15, 0.2) is 30.5 Å². The number of aromatic nitrogens is 3. The van der Waals surface area contributed by atoms with Crippen LogP contribution in [0.25, 0.3) is 5.69 Å². The fraction of sp³-hybridized carbons (Fsp3) is 0.200. The average Bonchev–Trinajstić information content (AvgIpc) is 2.68. The van der Waals surface area contributed by atoms with Crippen LogP contribution in [0.4, 0.5) is 4.39 Å². The van der Waals surface area contributed by atoms with Crippen LogP contribution in [0.3, 0.4) is 0 Å². The van der Waals surface area contributed by atoms with Crippen LogP contribution < -0.4 is 5.32 Å². The van der Waals surface area contributed by atoms with Gasteiger partial charge in [-0.15, -0.1) is 5.10 Å². The van der Waals surface area contributed by atoms with Gasteiger partial charge in [0, 0.05) is 6.54 Å². The Kier molecular flexibility index (Phi) is 2.73. The van der Waals surface area contributed by atoms with E-state index in [-0.39, 0.29) is 5.82 Å². The largest absolute Gasteiger partial charge is 0.314 e. The van der Waals surface area contributed by atoms with Crippen LogP contribution in [0, 0.1) is 5.82 Å². The molecule has 0 amide bonds. The molecular formula is C10H11FN4. The Balaban J connectivity index is 2.25. The van der Waals surface area contributed by atoms with Crippen LogP contribution in [-0.2, 0) is 6.54 Å². The minimum absolute atomic E-state index is 0.255. The maximum atomic E-state index is 12.7. The van der Waals surface area contributed by atoms with E-state index < -0.39 is 0 Å². The van der Waals surface area contributed by atoms with Crippen molar-refractivity contribution in [3.05, 3.63) is 42.0 Å². The Labute approximate surface area is 86.7 Å². The standard InChI is InChI=1S/C10H11FN4/c1-12-6-9-7-15(14-13-9)10-4-2-8(11)3-5-10/h2-5,7,12H,6H2,1H3. The van der Waals surface area contributed by atoms with Crippen molar-refractivity contribution in [1.29, 1.82) is 0 Å². The van der Waals surface area contributed by atoms with Crippen LogP contribution in [0.5, 0.6) is 0 Å². The molecule has 0 saturated carbocycles. The van der Waals surface area contributed by atoms with Gasteiger partial charge in [-0.1, -0.05) is 5.21 Å². The molecule has 1 aromatic carbocycles. The number of hydrogen-bond donors (Lipinski definition) is 1. The molecule has 4 nitrogen and oxygen atoms in total. The average molecular weight is 206 g/mol. The monoisotopic (exact) mass is 206 g/mol. The van der Waals surface area contributed by atoms with Gasteiger partial charge in [-0.2, -0.15) is 0 Å². The van der Waals surface area contributed by atoms with Crippen molar-refractivity contribution in [2.75, 3.05) is 7.05 Å². The number of halogens is 1. The molecule has 2 rings (SSSR count). The Morgan fingerprint density at radius 2 is 2.07 bits per heavy atom. The van der Waals surface area contributed by atoms with Crippen molar-refractivity contribution < 1.29 is 4.39 Å². The lowest BCUT2D eigenvalue weighted by Gasteiger charge is -1.98. The van der Waals surface area contributed by atoms with Crippen molar-refractivity contribution >= 4 is 0 Å². The van der Waals surface area contributed by atoms with Gasteiger partial charge in [0.15, 0.2) is 0 Å². The molecule has 78 valence electrons. The Morgan fingerprint density at radius 3 is 2.73 bits per heavy atom. The number of benzene rings is 1. The maximum Gasteiger partial charge on any atom is 0.123 e. The summed E-state index contributed by atoms with van der Waals surface area (Å²) in [5.41, 5.74) is 1.65. The van der Waals surface area contributed by atoms with Gasteiger partial charge in [0.1, 0.15) is 5.82 Å². The molecule has 0 aliphatic rings. The van der Waals surface area contributed by atoms with Crippen molar-refractivity contribution in [3.8, 4) is 5.69 Å². The highest BCUT2D eigenvalue weighted by Crippen LogP contribution is 2.07. The van der Waals surface area contributed by atoms with Gasteiger partial charge in [-0.25, -0.2) is 9.07 Å². The van der Waals surface area contributed by atoms with Crippen molar-refractivity contribution in [2.24, 2.45) is 0 Å². The fourth-order valence-electron chi connectivity index (χ4n) is 1.28. The summed E-state index contributed by atoms with van der Waals surface area (Å²) in [5, 5.41) is 10.9. The minimum atomic E-state index is -0.255. The highest BCUT2D eigenvalue weighted by Gasteiger charge is 2.01. The van der Waals surface area contributed by atoms with E-state index in [1.54, 1.807) is 16.8 Å². The van der Waals surface area contributed by atoms with E-state index in [0.29, 0.717) is 6.54 Å². The van der Waals surface area contributed by atoms with Crippen LogP contribution in [0.1, 0.15) is 5.69 Å². The van der Waals surface area contributed by atoms with Gasteiger partial charge in [0.25, 0.3) is 0 Å². The topological polar surface area (TPSA) is 42.7 Å². The van der Waals surface area contributed by atoms with Gasteiger partial charge >= 0.3 is 0 Å². The predicted octanol–water partition coefficient (Wildman–Crippen LogP) is 1.13. The summed E-state index contributed by atoms with van der Waals surface area (Å²) >= 11 is 0. The molecule has 0 radical (unpaired) electrons. The zero-order valence-corrected chi connectivity index (χ0v) is 8.31. The van der Waals surface area contributed by atoms with Gasteiger partial charge < -0.3 is 5.32 Å². The van der Waals surface area contributed by atoms with Crippen molar-refractivity contribution in [2.45, 2.75) is 6.54 Å². The van der Waals surface area contributed by atoms with Gasteiger partial charge in [-0.3, -0.25) is 0 Å². The van der Waals surface area contributed by atoms with Gasteiger partial charge in [0.2, 0.25) is 0 Å². The van der Waals surface area contributed by atoms with Crippen molar-refractivity contribution in [1.82, 2.24) is 20.3 Å². The molecule has 5 heteroatoms. The van der Waals surface area contributed by atoms with E-state index in [0.717, 1.165) is 11.4 Å². The molecule has 0 aliphatic heterocycles. The molecule has 0 unspecified atom stereocenters. The van der Waals surface area contributed by atoms with E-state index in [4.69, 9.17) is 0 Å². The molecule has 0 atom stereocenters. The van der Waals surface area contributed by atoms with E-state index in [2.05, 4.69) is 15.6 Å². The summed E-state index contributed by atoms with van der Waals surface area (Å²) in [7, 11) is 1.84. The summed E-state index contributed by atoms with van der Waals surface area (Å²) in [6.07, 6.45) is 1.81. The van der Waals surface area contributed by atoms with E-state index in [9.17, 15) is 4.39 Å². The SMILES string of the molecule is CNCc1cn(-c2ccc(F)cc2)nn1. The fourth-order valence-corrected chi connectivity index (χ4v) is 1.28. The molecule has 0 fully saturated rings.